The predicted molar refractivity (Wildman–Crippen MR) is 76.0 cm³/mol. The molecule has 0 unspecified atom stereocenters. The first kappa shape index (κ1) is 16.1. The van der Waals surface area contributed by atoms with Crippen LogP contribution in [0.4, 0.5) is 0 Å². The molecular formula is C14H16ClNO4. The summed E-state index contributed by atoms with van der Waals surface area (Å²) in [6, 6.07) is 8.17. The minimum atomic E-state index is -1.000. The summed E-state index contributed by atoms with van der Waals surface area (Å²) in [6.45, 7) is 0.435. The molecule has 0 aliphatic carbocycles. The summed E-state index contributed by atoms with van der Waals surface area (Å²) in [5.74, 6) is -0.283. The number of carboxylic acid groups (broad SMARTS) is 1. The highest BCUT2D eigenvalue weighted by Gasteiger charge is 2.11. The lowest BCUT2D eigenvalue weighted by molar-refractivity contribution is -0.138. The Labute approximate surface area is 122 Å². The molecule has 0 amide bonds. The number of hydrogen-bond acceptors (Lipinski definition) is 4. The molecule has 0 aliphatic rings. The number of halogens is 1. The van der Waals surface area contributed by atoms with E-state index in [1.54, 1.807) is 24.7 Å². The van der Waals surface area contributed by atoms with E-state index in [1.807, 2.05) is 18.2 Å². The van der Waals surface area contributed by atoms with E-state index < -0.39 is 12.0 Å². The zero-order valence-electron chi connectivity index (χ0n) is 10.7. The molecule has 2 rings (SSSR count). The van der Waals surface area contributed by atoms with Crippen LogP contribution >= 0.6 is 12.4 Å². The van der Waals surface area contributed by atoms with Gasteiger partial charge in [-0.05, 0) is 30.2 Å². The van der Waals surface area contributed by atoms with Gasteiger partial charge in [0.1, 0.15) is 18.4 Å². The van der Waals surface area contributed by atoms with E-state index in [4.69, 9.17) is 20.0 Å². The molecule has 108 valence electrons. The molecule has 0 bridgehead atoms. The second-order valence-corrected chi connectivity index (χ2v) is 4.21. The van der Waals surface area contributed by atoms with Crippen molar-refractivity contribution in [3.63, 3.8) is 0 Å². The van der Waals surface area contributed by atoms with Crippen molar-refractivity contribution < 1.29 is 19.1 Å². The van der Waals surface area contributed by atoms with Gasteiger partial charge in [0.05, 0.1) is 12.5 Å². The highest BCUT2D eigenvalue weighted by Crippen LogP contribution is 2.15. The van der Waals surface area contributed by atoms with Crippen LogP contribution in [0.15, 0.2) is 47.3 Å². The van der Waals surface area contributed by atoms with Gasteiger partial charge in [-0.3, -0.25) is 4.79 Å². The second kappa shape index (κ2) is 7.57. The maximum absolute atomic E-state index is 10.6. The molecule has 0 saturated heterocycles. The molecule has 1 aromatic heterocycles. The Morgan fingerprint density at radius 2 is 1.95 bits per heavy atom. The van der Waals surface area contributed by atoms with E-state index in [-0.39, 0.29) is 12.4 Å². The van der Waals surface area contributed by atoms with Gasteiger partial charge in [-0.1, -0.05) is 12.1 Å². The summed E-state index contributed by atoms with van der Waals surface area (Å²) >= 11 is 0. The summed E-state index contributed by atoms with van der Waals surface area (Å²) in [4.78, 5) is 10.6. The normalized spacial score (nSPS) is 11.4. The molecule has 5 nitrogen and oxygen atoms in total. The molecule has 1 atom stereocenters. The number of nitrogens with two attached hydrogens (primary N) is 1. The zero-order chi connectivity index (χ0) is 13.7. The quantitative estimate of drug-likeness (QED) is 0.854. The lowest BCUT2D eigenvalue weighted by Gasteiger charge is -2.08. The van der Waals surface area contributed by atoms with Crippen molar-refractivity contribution >= 4 is 18.4 Å². The lowest BCUT2D eigenvalue weighted by Crippen LogP contribution is -2.32. The standard InChI is InChI=1S/C14H15NO4.ClH/c15-13(14(16)17)7-10-1-3-12(4-2-10)19-9-11-5-6-18-8-11;/h1-6,8,13H,7,9,15H2,(H,16,17);1H/t13-;/m0./s1. The van der Waals surface area contributed by atoms with Crippen LogP contribution in [0, 0.1) is 0 Å². The van der Waals surface area contributed by atoms with Gasteiger partial charge in [0.2, 0.25) is 0 Å². The number of rotatable bonds is 6. The van der Waals surface area contributed by atoms with Crippen LogP contribution in [0.25, 0.3) is 0 Å². The Morgan fingerprint density at radius 1 is 1.25 bits per heavy atom. The van der Waals surface area contributed by atoms with Gasteiger partial charge in [-0.15, -0.1) is 12.4 Å². The molecule has 1 aromatic carbocycles. The Balaban J connectivity index is 0.00000200. The van der Waals surface area contributed by atoms with Crippen molar-refractivity contribution in [3.05, 3.63) is 54.0 Å². The molecule has 6 heteroatoms. The van der Waals surface area contributed by atoms with Crippen LogP contribution < -0.4 is 10.5 Å². The first-order chi connectivity index (χ1) is 9.15. The monoisotopic (exact) mass is 297 g/mol. The highest BCUT2D eigenvalue weighted by molar-refractivity contribution is 5.85. The first-order valence-corrected chi connectivity index (χ1v) is 5.86. The maximum atomic E-state index is 10.6. The summed E-state index contributed by atoms with van der Waals surface area (Å²) in [5, 5.41) is 8.73. The SMILES string of the molecule is Cl.N[C@@H](Cc1ccc(OCc2ccoc2)cc1)C(=O)O. The molecule has 2 aromatic rings. The van der Waals surface area contributed by atoms with Crippen molar-refractivity contribution in [1.29, 1.82) is 0 Å². The summed E-state index contributed by atoms with van der Waals surface area (Å²) in [7, 11) is 0. The minimum Gasteiger partial charge on any atom is -0.489 e. The third-order valence-corrected chi connectivity index (χ3v) is 2.68. The van der Waals surface area contributed by atoms with Crippen LogP contribution in [-0.4, -0.2) is 17.1 Å². The van der Waals surface area contributed by atoms with Crippen LogP contribution in [0.5, 0.6) is 5.75 Å². The molecule has 1 heterocycles. The zero-order valence-corrected chi connectivity index (χ0v) is 11.5. The largest absolute Gasteiger partial charge is 0.489 e. The van der Waals surface area contributed by atoms with Crippen LogP contribution in [0.3, 0.4) is 0 Å². The van der Waals surface area contributed by atoms with Gasteiger partial charge in [0, 0.05) is 5.56 Å². The molecule has 3 N–H and O–H groups in total. The second-order valence-electron chi connectivity index (χ2n) is 4.21. The Bertz CT molecular complexity index is 525. The van der Waals surface area contributed by atoms with Crippen LogP contribution in [0.1, 0.15) is 11.1 Å². The van der Waals surface area contributed by atoms with E-state index in [2.05, 4.69) is 0 Å². The molecule has 0 aliphatic heterocycles. The Morgan fingerprint density at radius 3 is 2.50 bits per heavy atom. The molecule has 0 saturated carbocycles. The summed E-state index contributed by atoms with van der Waals surface area (Å²) < 4.78 is 10.5. The number of ether oxygens (including phenoxy) is 1. The molecule has 0 radical (unpaired) electrons. The fourth-order valence-electron chi connectivity index (χ4n) is 1.60. The number of aliphatic carboxylic acids is 1. The average molecular weight is 298 g/mol. The summed E-state index contributed by atoms with van der Waals surface area (Å²) in [6.07, 6.45) is 3.52. The van der Waals surface area contributed by atoms with Crippen molar-refractivity contribution in [2.24, 2.45) is 5.73 Å². The van der Waals surface area contributed by atoms with Crippen molar-refractivity contribution in [2.45, 2.75) is 19.1 Å². The molecule has 0 spiro atoms. The van der Waals surface area contributed by atoms with Gasteiger partial charge in [-0.25, -0.2) is 0 Å². The predicted octanol–water partition coefficient (Wildman–Crippen LogP) is 2.23. The minimum absolute atomic E-state index is 0. The lowest BCUT2D eigenvalue weighted by atomic mass is 10.1. The smallest absolute Gasteiger partial charge is 0.320 e. The van der Waals surface area contributed by atoms with E-state index >= 15 is 0 Å². The number of furan rings is 1. The van der Waals surface area contributed by atoms with Gasteiger partial charge >= 0.3 is 5.97 Å². The van der Waals surface area contributed by atoms with Crippen molar-refractivity contribution in [1.82, 2.24) is 0 Å². The highest BCUT2D eigenvalue weighted by atomic mass is 35.5. The fraction of sp³-hybridized carbons (Fsp3) is 0.214. The first-order valence-electron chi connectivity index (χ1n) is 5.86. The Kier molecular flexibility index (Phi) is 6.09. The third kappa shape index (κ3) is 4.60. The Hall–Kier alpha value is -1.98. The molecule has 0 fully saturated rings. The topological polar surface area (TPSA) is 85.7 Å². The van der Waals surface area contributed by atoms with Crippen LogP contribution in [0.2, 0.25) is 0 Å². The molecule has 20 heavy (non-hydrogen) atoms. The fourth-order valence-corrected chi connectivity index (χ4v) is 1.60. The van der Waals surface area contributed by atoms with Gasteiger partial charge < -0.3 is 20.0 Å². The number of carbonyl (C=O) groups is 1. The van der Waals surface area contributed by atoms with Crippen molar-refractivity contribution in [2.75, 3.05) is 0 Å². The van der Waals surface area contributed by atoms with E-state index in [1.165, 1.54) is 0 Å². The van der Waals surface area contributed by atoms with Gasteiger partial charge in [0.25, 0.3) is 0 Å². The van der Waals surface area contributed by atoms with E-state index in [9.17, 15) is 4.79 Å². The van der Waals surface area contributed by atoms with Gasteiger partial charge in [0.15, 0.2) is 0 Å². The van der Waals surface area contributed by atoms with Crippen molar-refractivity contribution in [3.8, 4) is 5.75 Å². The third-order valence-electron chi connectivity index (χ3n) is 2.68. The maximum Gasteiger partial charge on any atom is 0.320 e. The van der Waals surface area contributed by atoms with E-state index in [0.29, 0.717) is 18.8 Å². The number of benzene rings is 1. The van der Waals surface area contributed by atoms with E-state index in [0.717, 1.165) is 11.1 Å². The molecular weight excluding hydrogens is 282 g/mol. The van der Waals surface area contributed by atoms with Gasteiger partial charge in [-0.2, -0.15) is 0 Å². The number of carboxylic acids is 1. The number of hydrogen-bond donors (Lipinski definition) is 2. The summed E-state index contributed by atoms with van der Waals surface area (Å²) in [5.41, 5.74) is 7.29. The average Bonchev–Trinajstić information content (AvgIpc) is 2.91. The van der Waals surface area contributed by atoms with Crippen LogP contribution in [-0.2, 0) is 17.8 Å².